The molecule has 6 heteroatoms. The number of rotatable bonds is 5. The Morgan fingerprint density at radius 3 is 1.97 bits per heavy atom. The predicted molar refractivity (Wildman–Crippen MR) is 135 cm³/mol. The van der Waals surface area contributed by atoms with Crippen molar-refractivity contribution in [3.63, 3.8) is 0 Å². The molecule has 1 fully saturated rings. The first-order valence-electron chi connectivity index (χ1n) is 11.6. The summed E-state index contributed by atoms with van der Waals surface area (Å²) < 4.78 is 29.5. The number of aromatic nitrogens is 1. The molecule has 1 aliphatic carbocycles. The van der Waals surface area contributed by atoms with Gasteiger partial charge in [-0.1, -0.05) is 66.7 Å². The molecule has 0 aliphatic heterocycles. The van der Waals surface area contributed by atoms with Crippen LogP contribution < -0.4 is 0 Å². The van der Waals surface area contributed by atoms with Gasteiger partial charge < -0.3 is 5.11 Å². The zero-order valence-electron chi connectivity index (χ0n) is 19.6. The van der Waals surface area contributed by atoms with Gasteiger partial charge in [0, 0.05) is 5.39 Å². The van der Waals surface area contributed by atoms with Gasteiger partial charge in [-0.05, 0) is 69.6 Å². The molecule has 0 amide bonds. The minimum absolute atomic E-state index is 0.267. The van der Waals surface area contributed by atoms with Crippen molar-refractivity contribution in [3.8, 4) is 0 Å². The van der Waals surface area contributed by atoms with Gasteiger partial charge in [0.2, 0.25) is 0 Å². The summed E-state index contributed by atoms with van der Waals surface area (Å²) in [6.45, 7) is 0. The molecule has 34 heavy (non-hydrogen) atoms. The molecule has 1 heterocycles. The average molecular weight is 475 g/mol. The number of nitrogens with zero attached hydrogens (tertiary/aromatic N) is 2. The Morgan fingerprint density at radius 1 is 0.794 bits per heavy atom. The minimum Gasteiger partial charge on any atom is -0.385 e. The highest BCUT2D eigenvalue weighted by atomic mass is 32.2. The van der Waals surface area contributed by atoms with Crippen LogP contribution in [0.4, 0.5) is 0 Å². The van der Waals surface area contributed by atoms with Crippen LogP contribution in [-0.2, 0) is 21.2 Å². The predicted octanol–water partition coefficient (Wildman–Crippen LogP) is 5.10. The molecule has 176 valence electrons. The Bertz CT molecular complexity index is 1400. The number of hydrogen-bond donors (Lipinski definition) is 1. The third-order valence-corrected chi connectivity index (χ3v) is 9.24. The number of fused-ring (bicyclic) bond motifs is 1. The molecule has 3 aromatic carbocycles. The molecule has 4 aromatic rings. The fourth-order valence-electron chi connectivity index (χ4n) is 5.46. The van der Waals surface area contributed by atoms with Crippen LogP contribution in [0.3, 0.4) is 0 Å². The quantitative estimate of drug-likeness (QED) is 0.437. The van der Waals surface area contributed by atoms with Crippen LogP contribution in [0.25, 0.3) is 10.9 Å². The smallest absolute Gasteiger partial charge is 0.268 e. The van der Waals surface area contributed by atoms with E-state index in [1.165, 1.54) is 3.97 Å². The molecule has 1 N–H and O–H groups in total. The molecule has 5 nitrogen and oxygen atoms in total. The van der Waals surface area contributed by atoms with Crippen molar-refractivity contribution in [2.45, 2.75) is 41.7 Å². The first kappa shape index (κ1) is 22.8. The van der Waals surface area contributed by atoms with Crippen molar-refractivity contribution in [3.05, 3.63) is 102 Å². The molecular formula is C28H30N2O3S. The van der Waals surface area contributed by atoms with Gasteiger partial charge in [0.25, 0.3) is 10.0 Å². The second kappa shape index (κ2) is 8.38. The lowest BCUT2D eigenvalue weighted by atomic mass is 9.69. The van der Waals surface area contributed by atoms with E-state index in [9.17, 15) is 13.5 Å². The van der Waals surface area contributed by atoms with E-state index in [-0.39, 0.29) is 4.90 Å². The first-order valence-corrected chi connectivity index (χ1v) is 13.1. The maximum atomic E-state index is 14.0. The summed E-state index contributed by atoms with van der Waals surface area (Å²) in [7, 11) is 0.181. The van der Waals surface area contributed by atoms with E-state index in [2.05, 4.69) is 4.90 Å². The lowest BCUT2D eigenvalue weighted by Gasteiger charge is -2.48. The summed E-state index contributed by atoms with van der Waals surface area (Å²) in [5.74, 6) is 0. The fraction of sp³-hybridized carbons (Fsp3) is 0.286. The Labute approximate surface area is 201 Å². The van der Waals surface area contributed by atoms with E-state index in [0.29, 0.717) is 31.2 Å². The highest BCUT2D eigenvalue weighted by Gasteiger charge is 2.47. The zero-order valence-corrected chi connectivity index (χ0v) is 20.4. The summed E-state index contributed by atoms with van der Waals surface area (Å²) in [5.41, 5.74) is 0.876. The molecule has 0 spiro atoms. The number of aliphatic hydroxyl groups is 1. The van der Waals surface area contributed by atoms with Crippen LogP contribution in [0, 0.1) is 0 Å². The minimum atomic E-state index is -3.83. The van der Waals surface area contributed by atoms with Gasteiger partial charge in [0.15, 0.2) is 0 Å². The second-order valence-corrected chi connectivity index (χ2v) is 11.3. The number of para-hydroxylation sites is 1. The second-order valence-electron chi connectivity index (χ2n) is 9.49. The Morgan fingerprint density at radius 2 is 1.35 bits per heavy atom. The highest BCUT2D eigenvalue weighted by molar-refractivity contribution is 7.90. The molecule has 1 aromatic heterocycles. The fourth-order valence-corrected chi connectivity index (χ4v) is 7.08. The van der Waals surface area contributed by atoms with Crippen molar-refractivity contribution >= 4 is 20.9 Å². The normalized spacial score (nSPS) is 23.4. The molecule has 0 unspecified atom stereocenters. The zero-order chi connectivity index (χ0) is 24.0. The van der Waals surface area contributed by atoms with Gasteiger partial charge in [-0.25, -0.2) is 12.4 Å². The van der Waals surface area contributed by atoms with Gasteiger partial charge in [-0.3, -0.25) is 4.90 Å². The van der Waals surface area contributed by atoms with E-state index in [1.807, 2.05) is 80.8 Å². The maximum absolute atomic E-state index is 14.0. The number of benzene rings is 3. The van der Waals surface area contributed by atoms with Crippen molar-refractivity contribution in [1.29, 1.82) is 0 Å². The SMILES string of the molecule is CN(C)C1(c2cc3ccccc3n2S(=O)(=O)c2ccccc2)CCC(O)(c2ccccc2)CC1. The Hall–Kier alpha value is -2.93. The van der Waals surface area contributed by atoms with Gasteiger partial charge >= 0.3 is 0 Å². The van der Waals surface area contributed by atoms with E-state index >= 15 is 0 Å². The molecule has 1 saturated carbocycles. The summed E-state index contributed by atoms with van der Waals surface area (Å²) in [5, 5.41) is 12.4. The van der Waals surface area contributed by atoms with E-state index in [4.69, 9.17) is 0 Å². The summed E-state index contributed by atoms with van der Waals surface area (Å²) in [6, 6.07) is 28.1. The molecule has 5 rings (SSSR count). The molecule has 0 radical (unpaired) electrons. The van der Waals surface area contributed by atoms with Crippen molar-refractivity contribution in [2.75, 3.05) is 14.1 Å². The Kier molecular flexibility index (Phi) is 5.63. The monoisotopic (exact) mass is 474 g/mol. The lowest BCUT2D eigenvalue weighted by Crippen LogP contribution is -2.49. The van der Waals surface area contributed by atoms with Gasteiger partial charge in [0.1, 0.15) is 0 Å². The standard InChI is InChI=1S/C28H30N2O3S/c1-29(2)27(17-19-28(31,20-18-27)23-12-5-3-6-13-23)26-21-22-11-9-10-16-25(22)30(26)34(32,33)24-14-7-4-8-15-24/h3-16,21,31H,17-20H2,1-2H3. The van der Waals surface area contributed by atoms with Crippen molar-refractivity contribution < 1.29 is 13.5 Å². The molecular weight excluding hydrogens is 444 g/mol. The van der Waals surface area contributed by atoms with Crippen LogP contribution in [0.15, 0.2) is 95.9 Å². The van der Waals surface area contributed by atoms with Crippen LogP contribution in [0.2, 0.25) is 0 Å². The highest BCUT2D eigenvalue weighted by Crippen LogP contribution is 2.49. The van der Waals surface area contributed by atoms with Gasteiger partial charge in [-0.2, -0.15) is 0 Å². The van der Waals surface area contributed by atoms with Crippen molar-refractivity contribution in [1.82, 2.24) is 8.87 Å². The van der Waals surface area contributed by atoms with Gasteiger partial charge in [-0.15, -0.1) is 0 Å². The van der Waals surface area contributed by atoms with E-state index < -0.39 is 21.2 Å². The maximum Gasteiger partial charge on any atom is 0.268 e. The van der Waals surface area contributed by atoms with Crippen LogP contribution in [0.5, 0.6) is 0 Å². The first-order chi connectivity index (χ1) is 16.3. The Balaban J connectivity index is 1.67. The lowest BCUT2D eigenvalue weighted by molar-refractivity contribution is -0.0522. The summed E-state index contributed by atoms with van der Waals surface area (Å²) in [4.78, 5) is 2.39. The third kappa shape index (κ3) is 3.57. The average Bonchev–Trinajstić information content (AvgIpc) is 3.26. The van der Waals surface area contributed by atoms with Crippen molar-refractivity contribution in [2.24, 2.45) is 0 Å². The molecule has 0 atom stereocenters. The van der Waals surface area contributed by atoms with E-state index in [0.717, 1.165) is 16.6 Å². The van der Waals surface area contributed by atoms with Crippen LogP contribution in [-0.4, -0.2) is 36.5 Å². The molecule has 0 bridgehead atoms. The topological polar surface area (TPSA) is 62.5 Å². The summed E-state index contributed by atoms with van der Waals surface area (Å²) >= 11 is 0. The van der Waals surface area contributed by atoms with Crippen LogP contribution in [0.1, 0.15) is 36.9 Å². The van der Waals surface area contributed by atoms with Crippen LogP contribution >= 0.6 is 0 Å². The molecule has 1 aliphatic rings. The molecule has 0 saturated heterocycles. The van der Waals surface area contributed by atoms with E-state index in [1.54, 1.807) is 24.3 Å². The largest absolute Gasteiger partial charge is 0.385 e. The van der Waals surface area contributed by atoms with Gasteiger partial charge in [0.05, 0.1) is 27.2 Å². The number of hydrogen-bond acceptors (Lipinski definition) is 4. The summed E-state index contributed by atoms with van der Waals surface area (Å²) in [6.07, 6.45) is 2.35. The third-order valence-electron chi connectivity index (χ3n) is 7.50.